The van der Waals surface area contributed by atoms with E-state index in [-0.39, 0.29) is 5.91 Å². The lowest BCUT2D eigenvalue weighted by molar-refractivity contribution is 0.0964. The molecule has 6 nitrogen and oxygen atoms in total. The zero-order chi connectivity index (χ0) is 14.1. The Kier molecular flexibility index (Phi) is 3.43. The zero-order valence-electron chi connectivity index (χ0n) is 10.9. The molecule has 3 heterocycles. The van der Waals surface area contributed by atoms with Crippen LogP contribution in [-0.2, 0) is 6.54 Å². The summed E-state index contributed by atoms with van der Waals surface area (Å²) in [6.07, 6.45) is 3.29. The number of hydrogen-bond donors (Lipinski definition) is 0. The van der Waals surface area contributed by atoms with Crippen molar-refractivity contribution in [2.45, 2.75) is 13.5 Å². The molecule has 1 aliphatic heterocycles. The minimum atomic E-state index is -0.103. The number of carbonyl (C=O) groups excluding carboxylic acids is 1. The van der Waals surface area contributed by atoms with Crippen molar-refractivity contribution < 1.29 is 9.53 Å². The summed E-state index contributed by atoms with van der Waals surface area (Å²) in [5, 5.41) is 4.18. The first kappa shape index (κ1) is 13.1. The lowest BCUT2D eigenvalue weighted by Gasteiger charge is -2.28. The average molecular weight is 337 g/mol. The van der Waals surface area contributed by atoms with Crippen molar-refractivity contribution in [2.75, 3.05) is 18.1 Å². The third-order valence-electron chi connectivity index (χ3n) is 3.14. The van der Waals surface area contributed by atoms with Gasteiger partial charge in [-0.1, -0.05) is 0 Å². The van der Waals surface area contributed by atoms with Crippen LogP contribution in [0.1, 0.15) is 17.4 Å². The molecule has 0 spiro atoms. The van der Waals surface area contributed by atoms with Gasteiger partial charge in [0.05, 0.1) is 17.2 Å². The molecule has 2 aromatic rings. The molecule has 1 amide bonds. The average Bonchev–Trinajstić information content (AvgIpc) is 2.87. The summed E-state index contributed by atoms with van der Waals surface area (Å²) in [5.74, 6) is 0.388. The van der Waals surface area contributed by atoms with Gasteiger partial charge in [0.15, 0.2) is 0 Å². The highest BCUT2D eigenvalue weighted by molar-refractivity contribution is 9.10. The Morgan fingerprint density at radius 1 is 1.55 bits per heavy atom. The van der Waals surface area contributed by atoms with Crippen LogP contribution < -0.4 is 9.64 Å². The van der Waals surface area contributed by atoms with E-state index in [0.717, 1.165) is 0 Å². The molecule has 0 aromatic carbocycles. The fourth-order valence-corrected chi connectivity index (χ4v) is 2.67. The van der Waals surface area contributed by atoms with Gasteiger partial charge in [-0.25, -0.2) is 4.98 Å². The zero-order valence-corrected chi connectivity index (χ0v) is 12.5. The standard InChI is InChI=1S/C13H13BrN4O2/c1-2-18-11(9(14)8-16-18)13(19)17-6-7-20-12-10(17)4-3-5-15-12/h3-5,8H,2,6-7H2,1H3. The largest absolute Gasteiger partial charge is 0.474 e. The molecule has 0 atom stereocenters. The summed E-state index contributed by atoms with van der Waals surface area (Å²) in [5.41, 5.74) is 1.24. The molecule has 0 bridgehead atoms. The summed E-state index contributed by atoms with van der Waals surface area (Å²) < 4.78 is 7.84. The van der Waals surface area contributed by atoms with Crippen molar-refractivity contribution in [2.24, 2.45) is 0 Å². The molecule has 0 aliphatic carbocycles. The molecule has 104 valence electrons. The monoisotopic (exact) mass is 336 g/mol. The summed E-state index contributed by atoms with van der Waals surface area (Å²) in [4.78, 5) is 18.6. The molecule has 1 aliphatic rings. The fourth-order valence-electron chi connectivity index (χ4n) is 2.21. The third kappa shape index (κ3) is 2.07. The quantitative estimate of drug-likeness (QED) is 0.842. The van der Waals surface area contributed by atoms with Gasteiger partial charge in [-0.05, 0) is 35.0 Å². The maximum absolute atomic E-state index is 12.8. The maximum atomic E-state index is 12.8. The second-order valence-electron chi connectivity index (χ2n) is 4.29. The van der Waals surface area contributed by atoms with Crippen LogP contribution in [0, 0.1) is 0 Å². The van der Waals surface area contributed by atoms with E-state index in [1.54, 1.807) is 28.0 Å². The molecule has 0 fully saturated rings. The number of rotatable bonds is 2. The number of fused-ring (bicyclic) bond motifs is 1. The molecule has 0 N–H and O–H groups in total. The minimum absolute atomic E-state index is 0.103. The Labute approximate surface area is 124 Å². The number of aryl methyl sites for hydroxylation is 1. The molecule has 0 radical (unpaired) electrons. The van der Waals surface area contributed by atoms with Gasteiger partial charge in [0, 0.05) is 12.7 Å². The Balaban J connectivity index is 2.02. The van der Waals surface area contributed by atoms with Crippen LogP contribution in [0.3, 0.4) is 0 Å². The normalized spacial score (nSPS) is 13.8. The van der Waals surface area contributed by atoms with E-state index in [9.17, 15) is 4.79 Å². The Morgan fingerprint density at radius 3 is 3.20 bits per heavy atom. The van der Waals surface area contributed by atoms with Gasteiger partial charge in [-0.3, -0.25) is 14.4 Å². The van der Waals surface area contributed by atoms with Crippen LogP contribution in [0.5, 0.6) is 5.88 Å². The van der Waals surface area contributed by atoms with Crippen LogP contribution in [0.15, 0.2) is 29.0 Å². The van der Waals surface area contributed by atoms with E-state index in [1.807, 2.05) is 13.0 Å². The lowest BCUT2D eigenvalue weighted by atomic mass is 10.2. The van der Waals surface area contributed by atoms with Crippen LogP contribution in [0.2, 0.25) is 0 Å². The first-order valence-corrected chi connectivity index (χ1v) is 7.12. The summed E-state index contributed by atoms with van der Waals surface area (Å²) >= 11 is 3.39. The van der Waals surface area contributed by atoms with Gasteiger partial charge in [0.1, 0.15) is 18.0 Å². The Hall–Kier alpha value is -1.89. The Bertz CT molecular complexity index is 656. The van der Waals surface area contributed by atoms with Gasteiger partial charge in [0.25, 0.3) is 5.91 Å². The van der Waals surface area contributed by atoms with Crippen molar-refractivity contribution in [1.29, 1.82) is 0 Å². The summed E-state index contributed by atoms with van der Waals surface area (Å²) in [7, 11) is 0. The molecule has 0 unspecified atom stereocenters. The topological polar surface area (TPSA) is 60.2 Å². The molecule has 0 saturated carbocycles. The highest BCUT2D eigenvalue weighted by atomic mass is 79.9. The molecule has 2 aromatic heterocycles. The molecular weight excluding hydrogens is 324 g/mol. The number of nitrogens with zero attached hydrogens (tertiary/aromatic N) is 4. The number of carbonyl (C=O) groups is 1. The van der Waals surface area contributed by atoms with Gasteiger partial charge >= 0.3 is 0 Å². The second-order valence-corrected chi connectivity index (χ2v) is 5.14. The first-order valence-electron chi connectivity index (χ1n) is 6.33. The van der Waals surface area contributed by atoms with E-state index in [0.29, 0.717) is 41.4 Å². The van der Waals surface area contributed by atoms with Crippen LogP contribution in [0.4, 0.5) is 5.69 Å². The van der Waals surface area contributed by atoms with Gasteiger partial charge in [-0.15, -0.1) is 0 Å². The molecule has 7 heteroatoms. The van der Waals surface area contributed by atoms with Gasteiger partial charge < -0.3 is 4.74 Å². The highest BCUT2D eigenvalue weighted by Gasteiger charge is 2.28. The smallest absolute Gasteiger partial charge is 0.277 e. The van der Waals surface area contributed by atoms with E-state index in [2.05, 4.69) is 26.0 Å². The minimum Gasteiger partial charge on any atom is -0.474 e. The first-order chi connectivity index (χ1) is 9.72. The van der Waals surface area contributed by atoms with Crippen molar-refractivity contribution in [3.8, 4) is 5.88 Å². The molecule has 20 heavy (non-hydrogen) atoms. The van der Waals surface area contributed by atoms with E-state index in [4.69, 9.17) is 4.74 Å². The number of halogens is 1. The van der Waals surface area contributed by atoms with Crippen molar-refractivity contribution in [1.82, 2.24) is 14.8 Å². The fraction of sp³-hybridized carbons (Fsp3) is 0.308. The van der Waals surface area contributed by atoms with Crippen molar-refractivity contribution >= 4 is 27.5 Å². The number of pyridine rings is 1. The summed E-state index contributed by atoms with van der Waals surface area (Å²) in [6.45, 7) is 3.52. The molecular formula is C13H13BrN4O2. The van der Waals surface area contributed by atoms with E-state index < -0.39 is 0 Å². The molecule has 0 saturated heterocycles. The second kappa shape index (κ2) is 5.24. The predicted octanol–water partition coefficient (Wildman–Crippen LogP) is 2.10. The highest BCUT2D eigenvalue weighted by Crippen LogP contribution is 2.30. The Morgan fingerprint density at radius 2 is 2.40 bits per heavy atom. The van der Waals surface area contributed by atoms with Crippen molar-refractivity contribution in [3.05, 3.63) is 34.7 Å². The number of hydrogen-bond acceptors (Lipinski definition) is 4. The number of amides is 1. The van der Waals surface area contributed by atoms with Crippen LogP contribution in [0.25, 0.3) is 0 Å². The third-order valence-corrected chi connectivity index (χ3v) is 3.72. The maximum Gasteiger partial charge on any atom is 0.277 e. The van der Waals surface area contributed by atoms with Crippen LogP contribution in [-0.4, -0.2) is 33.8 Å². The number of aromatic nitrogens is 3. The van der Waals surface area contributed by atoms with Crippen LogP contribution >= 0.6 is 15.9 Å². The number of anilines is 1. The van der Waals surface area contributed by atoms with Gasteiger partial charge in [0.2, 0.25) is 5.88 Å². The SMILES string of the molecule is CCn1ncc(Br)c1C(=O)N1CCOc2ncccc21. The van der Waals surface area contributed by atoms with Crippen molar-refractivity contribution in [3.63, 3.8) is 0 Å². The number of ether oxygens (including phenoxy) is 1. The van der Waals surface area contributed by atoms with E-state index >= 15 is 0 Å². The van der Waals surface area contributed by atoms with Gasteiger partial charge in [-0.2, -0.15) is 5.10 Å². The summed E-state index contributed by atoms with van der Waals surface area (Å²) in [6, 6.07) is 3.62. The predicted molar refractivity (Wildman–Crippen MR) is 77.0 cm³/mol. The molecule has 3 rings (SSSR count). The lowest BCUT2D eigenvalue weighted by Crippen LogP contribution is -2.39. The van der Waals surface area contributed by atoms with E-state index in [1.165, 1.54) is 0 Å².